The minimum Gasteiger partial charge on any atom is -0.495 e. The van der Waals surface area contributed by atoms with Crippen LogP contribution in [-0.2, 0) is 6.54 Å². The van der Waals surface area contributed by atoms with Crippen LogP contribution in [0.1, 0.15) is 9.75 Å². The Morgan fingerprint density at radius 3 is 2.85 bits per heavy atom. The molecule has 6 nitrogen and oxygen atoms in total. The molecule has 0 radical (unpaired) electrons. The van der Waals surface area contributed by atoms with Gasteiger partial charge in [0.05, 0.1) is 17.7 Å². The number of anilines is 1. The highest BCUT2D eigenvalue weighted by Gasteiger charge is 2.11. The zero-order valence-corrected chi connectivity index (χ0v) is 11.4. The van der Waals surface area contributed by atoms with Gasteiger partial charge in [-0.25, -0.2) is 0 Å². The summed E-state index contributed by atoms with van der Waals surface area (Å²) >= 11 is 1.38. The Hall–Kier alpha value is -2.59. The van der Waals surface area contributed by atoms with Gasteiger partial charge in [-0.1, -0.05) is 0 Å². The van der Waals surface area contributed by atoms with Gasteiger partial charge in [0.1, 0.15) is 16.7 Å². The van der Waals surface area contributed by atoms with E-state index in [-0.39, 0.29) is 5.69 Å². The van der Waals surface area contributed by atoms with E-state index in [0.717, 1.165) is 4.88 Å². The molecule has 1 aromatic carbocycles. The SMILES string of the molecule is COc1ccc([N+](=O)[O-])cc1NCc1ccc(C#N)s1. The Balaban J connectivity index is 2.17. The van der Waals surface area contributed by atoms with Crippen molar-refractivity contribution >= 4 is 22.7 Å². The summed E-state index contributed by atoms with van der Waals surface area (Å²) in [7, 11) is 1.51. The van der Waals surface area contributed by atoms with E-state index in [9.17, 15) is 10.1 Å². The Morgan fingerprint density at radius 1 is 1.45 bits per heavy atom. The number of thiophene rings is 1. The number of hydrogen-bond acceptors (Lipinski definition) is 6. The number of ether oxygens (including phenoxy) is 1. The summed E-state index contributed by atoms with van der Waals surface area (Å²) in [6.45, 7) is 0.476. The number of benzene rings is 1. The van der Waals surface area contributed by atoms with Crippen LogP contribution in [0, 0.1) is 21.4 Å². The second kappa shape index (κ2) is 6.04. The fourth-order valence-electron chi connectivity index (χ4n) is 1.66. The standard InChI is InChI=1S/C13H11N3O3S/c1-19-13-5-2-9(16(17)18)6-12(13)15-8-11-4-3-10(7-14)20-11/h2-6,15H,8H2,1H3. The molecule has 7 heteroatoms. The Labute approximate surface area is 119 Å². The molecule has 2 aromatic rings. The lowest BCUT2D eigenvalue weighted by molar-refractivity contribution is -0.384. The van der Waals surface area contributed by atoms with Crippen molar-refractivity contribution in [3.63, 3.8) is 0 Å². The normalized spacial score (nSPS) is 9.80. The Morgan fingerprint density at radius 2 is 2.25 bits per heavy atom. The molecule has 0 aliphatic heterocycles. The fourth-order valence-corrected chi connectivity index (χ4v) is 2.41. The highest BCUT2D eigenvalue weighted by Crippen LogP contribution is 2.29. The minimum atomic E-state index is -0.455. The number of nitrogens with zero attached hydrogens (tertiary/aromatic N) is 2. The molecule has 0 bridgehead atoms. The number of hydrogen-bond donors (Lipinski definition) is 1. The average molecular weight is 289 g/mol. The third-order valence-corrected chi connectivity index (χ3v) is 3.61. The molecular formula is C13H11N3O3S. The van der Waals surface area contributed by atoms with Crippen molar-refractivity contribution in [1.82, 2.24) is 0 Å². The van der Waals surface area contributed by atoms with Crippen LogP contribution in [0.2, 0.25) is 0 Å². The van der Waals surface area contributed by atoms with Gasteiger partial charge >= 0.3 is 0 Å². The zero-order valence-electron chi connectivity index (χ0n) is 10.6. The molecule has 20 heavy (non-hydrogen) atoms. The summed E-state index contributed by atoms with van der Waals surface area (Å²) < 4.78 is 5.16. The predicted octanol–water partition coefficient (Wildman–Crippen LogP) is 3.15. The number of nitro groups is 1. The Kier molecular flexibility index (Phi) is 4.17. The average Bonchev–Trinajstić information content (AvgIpc) is 2.92. The second-order valence-electron chi connectivity index (χ2n) is 3.87. The maximum absolute atomic E-state index is 10.8. The van der Waals surface area contributed by atoms with Gasteiger partial charge in [0.15, 0.2) is 0 Å². The van der Waals surface area contributed by atoms with Crippen molar-refractivity contribution in [3.05, 3.63) is 50.2 Å². The first-order valence-electron chi connectivity index (χ1n) is 5.69. The maximum atomic E-state index is 10.8. The largest absolute Gasteiger partial charge is 0.495 e. The maximum Gasteiger partial charge on any atom is 0.271 e. The number of nitriles is 1. The summed E-state index contributed by atoms with van der Waals surface area (Å²) in [5, 5.41) is 22.6. The van der Waals surface area contributed by atoms with Crippen molar-refractivity contribution in [1.29, 1.82) is 5.26 Å². The van der Waals surface area contributed by atoms with Crippen LogP contribution in [0.4, 0.5) is 11.4 Å². The van der Waals surface area contributed by atoms with Crippen LogP contribution in [0.5, 0.6) is 5.75 Å². The van der Waals surface area contributed by atoms with Crippen molar-refractivity contribution in [2.45, 2.75) is 6.54 Å². The lowest BCUT2D eigenvalue weighted by Crippen LogP contribution is -2.01. The first-order chi connectivity index (χ1) is 9.63. The van der Waals surface area contributed by atoms with Gasteiger partial charge in [0.25, 0.3) is 5.69 Å². The highest BCUT2D eigenvalue weighted by molar-refractivity contribution is 7.12. The molecule has 1 aromatic heterocycles. The molecule has 0 amide bonds. The molecular weight excluding hydrogens is 278 g/mol. The third-order valence-electron chi connectivity index (χ3n) is 2.62. The third kappa shape index (κ3) is 3.05. The first kappa shape index (κ1) is 13.8. The van der Waals surface area contributed by atoms with Gasteiger partial charge in [-0.05, 0) is 18.2 Å². The summed E-state index contributed by atoms with van der Waals surface area (Å²) in [5.74, 6) is 0.535. The molecule has 0 saturated carbocycles. The van der Waals surface area contributed by atoms with Crippen LogP contribution < -0.4 is 10.1 Å². The summed E-state index contributed by atoms with van der Waals surface area (Å²) in [4.78, 5) is 11.9. The fraction of sp³-hybridized carbons (Fsp3) is 0.154. The van der Waals surface area contributed by atoms with E-state index in [1.165, 1.54) is 30.6 Å². The lowest BCUT2D eigenvalue weighted by atomic mass is 10.2. The topological polar surface area (TPSA) is 88.2 Å². The molecule has 1 N–H and O–H groups in total. The quantitative estimate of drug-likeness (QED) is 0.674. The van der Waals surface area contributed by atoms with Crippen LogP contribution in [-0.4, -0.2) is 12.0 Å². The highest BCUT2D eigenvalue weighted by atomic mass is 32.1. The van der Waals surface area contributed by atoms with Crippen molar-refractivity contribution in [2.24, 2.45) is 0 Å². The van der Waals surface area contributed by atoms with Gasteiger partial charge in [0.2, 0.25) is 0 Å². The van der Waals surface area contributed by atoms with Crippen LogP contribution in [0.25, 0.3) is 0 Å². The monoisotopic (exact) mass is 289 g/mol. The van der Waals surface area contributed by atoms with Gasteiger partial charge in [-0.15, -0.1) is 11.3 Å². The van der Waals surface area contributed by atoms with Crippen LogP contribution in [0.3, 0.4) is 0 Å². The van der Waals surface area contributed by atoms with Gasteiger partial charge in [0, 0.05) is 23.6 Å². The van der Waals surface area contributed by atoms with Crippen LogP contribution >= 0.6 is 11.3 Å². The predicted molar refractivity (Wildman–Crippen MR) is 76.0 cm³/mol. The summed E-state index contributed by atoms with van der Waals surface area (Å²) in [6, 6.07) is 10.0. The number of methoxy groups -OCH3 is 1. The van der Waals surface area contributed by atoms with E-state index < -0.39 is 4.92 Å². The molecule has 0 unspecified atom stereocenters. The van der Waals surface area contributed by atoms with Crippen molar-refractivity contribution in [3.8, 4) is 11.8 Å². The van der Waals surface area contributed by atoms with E-state index in [0.29, 0.717) is 22.9 Å². The van der Waals surface area contributed by atoms with Crippen molar-refractivity contribution < 1.29 is 9.66 Å². The smallest absolute Gasteiger partial charge is 0.271 e. The molecule has 102 valence electrons. The van der Waals surface area contributed by atoms with Gasteiger partial charge in [-0.2, -0.15) is 5.26 Å². The molecule has 0 saturated heterocycles. The van der Waals surface area contributed by atoms with Gasteiger partial charge < -0.3 is 10.1 Å². The molecule has 0 aliphatic rings. The van der Waals surface area contributed by atoms with Gasteiger partial charge in [-0.3, -0.25) is 10.1 Å². The molecule has 2 rings (SSSR count). The summed E-state index contributed by atoms with van der Waals surface area (Å²) in [5.41, 5.74) is 0.547. The number of nitrogens with one attached hydrogen (secondary N) is 1. The number of non-ortho nitro benzene ring substituents is 1. The number of nitro benzene ring substituents is 1. The Bertz CT molecular complexity index is 676. The molecule has 1 heterocycles. The summed E-state index contributed by atoms with van der Waals surface area (Å²) in [6.07, 6.45) is 0. The minimum absolute atomic E-state index is 0.00260. The van der Waals surface area contributed by atoms with Crippen LogP contribution in [0.15, 0.2) is 30.3 Å². The van der Waals surface area contributed by atoms with E-state index in [1.54, 1.807) is 12.1 Å². The molecule has 0 fully saturated rings. The van der Waals surface area contributed by atoms with E-state index in [2.05, 4.69) is 11.4 Å². The van der Waals surface area contributed by atoms with Crippen molar-refractivity contribution in [2.75, 3.05) is 12.4 Å². The second-order valence-corrected chi connectivity index (χ2v) is 5.04. The zero-order chi connectivity index (χ0) is 14.5. The molecule has 0 spiro atoms. The van der Waals surface area contributed by atoms with E-state index in [1.807, 2.05) is 6.07 Å². The molecule has 0 aliphatic carbocycles. The number of rotatable bonds is 5. The van der Waals surface area contributed by atoms with E-state index >= 15 is 0 Å². The van der Waals surface area contributed by atoms with E-state index in [4.69, 9.17) is 10.00 Å². The lowest BCUT2D eigenvalue weighted by Gasteiger charge is -2.10. The molecule has 0 atom stereocenters. The first-order valence-corrected chi connectivity index (χ1v) is 6.51.